The standard InChI is InChI=1S/C21H21ClN4O2/c1-2-28-19-9-7-18(8-10-19)26-21-24-13-16(14-25-21)20(27)23-12-11-15-3-5-17(22)6-4-15/h3-10,13-14H,2,11-12H2,1H3,(H,23,27)(H,24,25,26). The normalized spacial score (nSPS) is 10.4. The fourth-order valence-corrected chi connectivity index (χ4v) is 2.64. The van der Waals surface area contributed by atoms with Crippen LogP contribution in [0.4, 0.5) is 11.6 Å². The minimum atomic E-state index is -0.207. The minimum Gasteiger partial charge on any atom is -0.494 e. The zero-order chi connectivity index (χ0) is 19.8. The summed E-state index contributed by atoms with van der Waals surface area (Å²) < 4.78 is 5.41. The van der Waals surface area contributed by atoms with E-state index < -0.39 is 0 Å². The van der Waals surface area contributed by atoms with Crippen LogP contribution in [0.5, 0.6) is 5.75 Å². The Morgan fingerprint density at radius 3 is 2.36 bits per heavy atom. The first-order valence-corrected chi connectivity index (χ1v) is 9.36. The van der Waals surface area contributed by atoms with Gasteiger partial charge in [0.25, 0.3) is 5.91 Å². The maximum Gasteiger partial charge on any atom is 0.254 e. The molecule has 0 saturated carbocycles. The van der Waals surface area contributed by atoms with Crippen molar-refractivity contribution in [3.63, 3.8) is 0 Å². The maximum absolute atomic E-state index is 12.2. The van der Waals surface area contributed by atoms with Crippen LogP contribution in [-0.4, -0.2) is 29.0 Å². The molecule has 144 valence electrons. The van der Waals surface area contributed by atoms with Gasteiger partial charge in [0, 0.05) is 29.6 Å². The van der Waals surface area contributed by atoms with Crippen LogP contribution in [-0.2, 0) is 6.42 Å². The molecular weight excluding hydrogens is 376 g/mol. The van der Waals surface area contributed by atoms with Crippen molar-refractivity contribution in [3.05, 3.63) is 77.1 Å². The number of rotatable bonds is 8. The predicted octanol–water partition coefficient (Wildman–Crippen LogP) is 4.24. The second-order valence-electron chi connectivity index (χ2n) is 6.01. The summed E-state index contributed by atoms with van der Waals surface area (Å²) in [4.78, 5) is 20.6. The molecule has 3 rings (SSSR count). The summed E-state index contributed by atoms with van der Waals surface area (Å²) >= 11 is 5.87. The molecule has 0 radical (unpaired) electrons. The molecule has 7 heteroatoms. The van der Waals surface area contributed by atoms with Crippen molar-refractivity contribution >= 4 is 29.1 Å². The highest BCUT2D eigenvalue weighted by atomic mass is 35.5. The number of aromatic nitrogens is 2. The second kappa shape index (κ2) is 9.71. The molecule has 1 aromatic heterocycles. The zero-order valence-electron chi connectivity index (χ0n) is 15.5. The number of carbonyl (C=O) groups excluding carboxylic acids is 1. The summed E-state index contributed by atoms with van der Waals surface area (Å²) in [6.07, 6.45) is 3.73. The topological polar surface area (TPSA) is 76.1 Å². The Balaban J connectivity index is 1.50. The van der Waals surface area contributed by atoms with Crippen LogP contribution in [0, 0.1) is 0 Å². The zero-order valence-corrected chi connectivity index (χ0v) is 16.2. The van der Waals surface area contributed by atoms with E-state index in [0.29, 0.717) is 29.7 Å². The summed E-state index contributed by atoms with van der Waals surface area (Å²) in [6.45, 7) is 3.08. The van der Waals surface area contributed by atoms with E-state index in [1.54, 1.807) is 0 Å². The molecule has 2 aromatic carbocycles. The van der Waals surface area contributed by atoms with E-state index in [1.807, 2.05) is 55.5 Å². The molecule has 1 amide bonds. The second-order valence-corrected chi connectivity index (χ2v) is 6.45. The van der Waals surface area contributed by atoms with Gasteiger partial charge < -0.3 is 15.4 Å². The van der Waals surface area contributed by atoms with Crippen molar-refractivity contribution < 1.29 is 9.53 Å². The van der Waals surface area contributed by atoms with E-state index in [4.69, 9.17) is 16.3 Å². The molecule has 0 aliphatic carbocycles. The minimum absolute atomic E-state index is 0.207. The summed E-state index contributed by atoms with van der Waals surface area (Å²) in [5, 5.41) is 6.65. The van der Waals surface area contributed by atoms with E-state index in [1.165, 1.54) is 12.4 Å². The molecule has 0 fully saturated rings. The SMILES string of the molecule is CCOc1ccc(Nc2ncc(C(=O)NCCc3ccc(Cl)cc3)cn2)cc1. The van der Waals surface area contributed by atoms with Gasteiger partial charge in [-0.1, -0.05) is 23.7 Å². The lowest BCUT2D eigenvalue weighted by Crippen LogP contribution is -2.26. The van der Waals surface area contributed by atoms with Gasteiger partial charge in [-0.15, -0.1) is 0 Å². The van der Waals surface area contributed by atoms with Gasteiger partial charge in [-0.2, -0.15) is 0 Å². The van der Waals surface area contributed by atoms with Gasteiger partial charge >= 0.3 is 0 Å². The largest absolute Gasteiger partial charge is 0.494 e. The molecule has 0 aliphatic rings. The van der Waals surface area contributed by atoms with E-state index in [-0.39, 0.29) is 5.91 Å². The third kappa shape index (κ3) is 5.69. The number of nitrogens with one attached hydrogen (secondary N) is 2. The van der Waals surface area contributed by atoms with Gasteiger partial charge in [0.1, 0.15) is 5.75 Å². The first-order chi connectivity index (χ1) is 13.6. The van der Waals surface area contributed by atoms with Crippen LogP contribution in [0.3, 0.4) is 0 Å². The monoisotopic (exact) mass is 396 g/mol. The molecule has 28 heavy (non-hydrogen) atoms. The van der Waals surface area contributed by atoms with Crippen molar-refractivity contribution in [2.24, 2.45) is 0 Å². The lowest BCUT2D eigenvalue weighted by atomic mass is 10.1. The van der Waals surface area contributed by atoms with Gasteiger partial charge in [0.2, 0.25) is 5.95 Å². The number of carbonyl (C=O) groups is 1. The number of nitrogens with zero attached hydrogens (tertiary/aromatic N) is 2. The highest BCUT2D eigenvalue weighted by Gasteiger charge is 2.07. The highest BCUT2D eigenvalue weighted by Crippen LogP contribution is 2.18. The van der Waals surface area contributed by atoms with Crippen LogP contribution in [0.1, 0.15) is 22.8 Å². The molecule has 0 atom stereocenters. The Hall–Kier alpha value is -3.12. The van der Waals surface area contributed by atoms with Gasteiger partial charge in [-0.3, -0.25) is 4.79 Å². The van der Waals surface area contributed by atoms with E-state index >= 15 is 0 Å². The fourth-order valence-electron chi connectivity index (χ4n) is 2.51. The van der Waals surface area contributed by atoms with Crippen LogP contribution in [0.15, 0.2) is 60.9 Å². The number of hydrogen-bond donors (Lipinski definition) is 2. The molecule has 0 spiro atoms. The first kappa shape index (κ1) is 19.6. The number of amides is 1. The fraction of sp³-hybridized carbons (Fsp3) is 0.190. The first-order valence-electron chi connectivity index (χ1n) is 8.98. The van der Waals surface area contributed by atoms with Crippen molar-refractivity contribution in [2.75, 3.05) is 18.5 Å². The molecule has 0 bridgehead atoms. The average Bonchev–Trinajstić information content (AvgIpc) is 2.72. The molecule has 0 unspecified atom stereocenters. The molecule has 2 N–H and O–H groups in total. The Labute approximate surface area is 168 Å². The number of halogens is 1. The van der Waals surface area contributed by atoms with E-state index in [0.717, 1.165) is 23.4 Å². The van der Waals surface area contributed by atoms with Gasteiger partial charge in [-0.05, 0) is 55.3 Å². The van der Waals surface area contributed by atoms with E-state index in [2.05, 4.69) is 20.6 Å². The van der Waals surface area contributed by atoms with Crippen LogP contribution < -0.4 is 15.4 Å². The molecule has 3 aromatic rings. The number of anilines is 2. The van der Waals surface area contributed by atoms with Crippen molar-refractivity contribution in [1.29, 1.82) is 0 Å². The molecule has 6 nitrogen and oxygen atoms in total. The van der Waals surface area contributed by atoms with E-state index in [9.17, 15) is 4.79 Å². The molecule has 1 heterocycles. The molecular formula is C21H21ClN4O2. The quantitative estimate of drug-likeness (QED) is 0.595. The summed E-state index contributed by atoms with van der Waals surface area (Å²) in [6, 6.07) is 15.1. The lowest BCUT2D eigenvalue weighted by Gasteiger charge is -2.08. The van der Waals surface area contributed by atoms with Crippen molar-refractivity contribution in [2.45, 2.75) is 13.3 Å². The third-order valence-corrected chi connectivity index (χ3v) is 4.20. The van der Waals surface area contributed by atoms with Crippen molar-refractivity contribution in [1.82, 2.24) is 15.3 Å². The smallest absolute Gasteiger partial charge is 0.254 e. The Bertz CT molecular complexity index is 897. The van der Waals surface area contributed by atoms with Crippen LogP contribution >= 0.6 is 11.6 Å². The Morgan fingerprint density at radius 2 is 1.71 bits per heavy atom. The highest BCUT2D eigenvalue weighted by molar-refractivity contribution is 6.30. The maximum atomic E-state index is 12.2. The van der Waals surface area contributed by atoms with Gasteiger partial charge in [0.15, 0.2) is 0 Å². The third-order valence-electron chi connectivity index (χ3n) is 3.95. The summed E-state index contributed by atoms with van der Waals surface area (Å²) in [5.41, 5.74) is 2.35. The van der Waals surface area contributed by atoms with Crippen molar-refractivity contribution in [3.8, 4) is 5.75 Å². The summed E-state index contributed by atoms with van der Waals surface area (Å²) in [7, 11) is 0. The van der Waals surface area contributed by atoms with Gasteiger partial charge in [-0.25, -0.2) is 9.97 Å². The number of benzene rings is 2. The predicted molar refractivity (Wildman–Crippen MR) is 110 cm³/mol. The molecule has 0 saturated heterocycles. The van der Waals surface area contributed by atoms with Crippen LogP contribution in [0.2, 0.25) is 5.02 Å². The summed E-state index contributed by atoms with van der Waals surface area (Å²) in [5.74, 6) is 1.02. The Morgan fingerprint density at radius 1 is 1.04 bits per heavy atom. The number of hydrogen-bond acceptors (Lipinski definition) is 5. The molecule has 0 aliphatic heterocycles. The van der Waals surface area contributed by atoms with Crippen LogP contribution in [0.25, 0.3) is 0 Å². The van der Waals surface area contributed by atoms with Gasteiger partial charge in [0.05, 0.1) is 12.2 Å². The average molecular weight is 397 g/mol. The number of ether oxygens (including phenoxy) is 1. The Kier molecular flexibility index (Phi) is 6.81. The lowest BCUT2D eigenvalue weighted by molar-refractivity contribution is 0.0953.